The molecule has 0 saturated carbocycles. The number of carbonyl (C=O) groups is 2. The normalized spacial score (nSPS) is 12.3. The van der Waals surface area contributed by atoms with E-state index in [0.717, 1.165) is 36.8 Å². The summed E-state index contributed by atoms with van der Waals surface area (Å²) in [7, 11) is 0. The first-order valence-corrected chi connectivity index (χ1v) is 17.4. The van der Waals surface area contributed by atoms with Crippen molar-refractivity contribution in [3.05, 3.63) is 58.7 Å². The predicted molar refractivity (Wildman–Crippen MR) is 219 cm³/mol. The molecule has 0 spiro atoms. The van der Waals surface area contributed by atoms with E-state index in [0.29, 0.717) is 65.3 Å². The second-order valence-electron chi connectivity index (χ2n) is 12.6. The Hall–Kier alpha value is -6.53. The topological polar surface area (TPSA) is 350 Å². The number of nitrogens with zero attached hydrogens (tertiary/aromatic N) is 6. The number of nitrogens with one attached hydrogen (secondary N) is 4. The van der Waals surface area contributed by atoms with Crippen molar-refractivity contribution < 1.29 is 9.59 Å². The minimum atomic E-state index is -0.288. The standard InChI is InChI=1S/C35H55N17O2/c1-20(44-19-30(36)37)24-13-25(21(2)47-50-33(38)39)16-28(15-24)45-31(53)11-9-7-5-6-8-10-12-32(54)46-29-17-26(22(3)48-51-34(40)41)14-27(18-29)23(4)49-52-35(42)43/h13-18,22,48H,5-12,19H2,1-4H3,(H3,36,37)(H,45,53)(H,46,54)(H4,38,39,50)(H4,40,41,51)(H4,42,43,52)/b44-20?,47-21+,49-23+. The molecule has 0 aliphatic rings. The number of amidine groups is 1. The molecular weight excluding hydrogens is 691 g/mol. The monoisotopic (exact) mass is 745 g/mol. The number of aliphatic imine (C=N–C) groups is 1. The maximum atomic E-state index is 12.8. The van der Waals surface area contributed by atoms with E-state index in [-0.39, 0.29) is 48.1 Å². The third-order valence-electron chi connectivity index (χ3n) is 7.77. The van der Waals surface area contributed by atoms with Crippen LogP contribution in [0, 0.1) is 5.41 Å². The molecule has 1 atom stereocenters. The Morgan fingerprint density at radius 3 is 1.52 bits per heavy atom. The van der Waals surface area contributed by atoms with Gasteiger partial charge in [-0.05, 0) is 93.6 Å². The Labute approximate surface area is 315 Å². The van der Waals surface area contributed by atoms with Crippen LogP contribution in [0.2, 0.25) is 0 Å². The van der Waals surface area contributed by atoms with E-state index >= 15 is 0 Å². The average molecular weight is 746 g/mol. The van der Waals surface area contributed by atoms with Crippen molar-refractivity contribution in [1.82, 2.24) is 5.43 Å². The minimum absolute atomic E-state index is 0.0574. The van der Waals surface area contributed by atoms with E-state index < -0.39 is 0 Å². The molecule has 2 rings (SSSR count). The third-order valence-corrected chi connectivity index (χ3v) is 7.77. The number of hydrazone groups is 1. The molecule has 292 valence electrons. The molecule has 0 aliphatic carbocycles. The summed E-state index contributed by atoms with van der Waals surface area (Å²) in [5, 5.41) is 32.8. The fraction of sp³-hybridized carbons (Fsp3) is 0.400. The highest BCUT2D eigenvalue weighted by Gasteiger charge is 2.13. The molecule has 0 fully saturated rings. The molecule has 0 heterocycles. The lowest BCUT2D eigenvalue weighted by atomic mass is 10.0. The van der Waals surface area contributed by atoms with E-state index in [4.69, 9.17) is 45.5 Å². The summed E-state index contributed by atoms with van der Waals surface area (Å²) in [4.78, 5) is 30.0. The first-order chi connectivity index (χ1) is 25.5. The molecule has 0 saturated heterocycles. The van der Waals surface area contributed by atoms with Gasteiger partial charge in [0.15, 0.2) is 0 Å². The maximum Gasteiger partial charge on any atom is 0.224 e. The lowest BCUT2D eigenvalue weighted by molar-refractivity contribution is -0.117. The highest BCUT2D eigenvalue weighted by atomic mass is 16.2. The van der Waals surface area contributed by atoms with Crippen molar-refractivity contribution in [3.8, 4) is 0 Å². The summed E-state index contributed by atoms with van der Waals surface area (Å²) in [5.74, 6) is -0.763. The second kappa shape index (κ2) is 22.4. The zero-order chi connectivity index (χ0) is 40.2. The van der Waals surface area contributed by atoms with Gasteiger partial charge in [0.1, 0.15) is 5.84 Å². The number of guanidine groups is 3. The number of hydrogen-bond donors (Lipinski definition) is 11. The average Bonchev–Trinajstić information content (AvgIpc) is 3.11. The predicted octanol–water partition coefficient (Wildman–Crippen LogP) is 1.96. The highest BCUT2D eigenvalue weighted by Crippen LogP contribution is 2.23. The molecular formula is C35H55N17O2. The van der Waals surface area contributed by atoms with Crippen molar-refractivity contribution in [2.45, 2.75) is 85.1 Å². The molecule has 0 aromatic heterocycles. The molecule has 1 unspecified atom stereocenters. The van der Waals surface area contributed by atoms with Crippen LogP contribution in [0.15, 0.2) is 66.9 Å². The lowest BCUT2D eigenvalue weighted by Gasteiger charge is -2.16. The van der Waals surface area contributed by atoms with Gasteiger partial charge in [0.25, 0.3) is 0 Å². The molecule has 19 heteroatoms. The minimum Gasteiger partial charge on any atom is -0.386 e. The van der Waals surface area contributed by atoms with Gasteiger partial charge in [0.05, 0.1) is 24.0 Å². The van der Waals surface area contributed by atoms with Gasteiger partial charge >= 0.3 is 0 Å². The Morgan fingerprint density at radius 1 is 0.611 bits per heavy atom. The molecule has 54 heavy (non-hydrogen) atoms. The van der Waals surface area contributed by atoms with Crippen molar-refractivity contribution in [3.63, 3.8) is 0 Å². The number of amides is 2. The molecule has 0 aliphatic heterocycles. The van der Waals surface area contributed by atoms with Gasteiger partial charge in [-0.3, -0.25) is 25.4 Å². The number of nitrogens with two attached hydrogens (primary N) is 7. The van der Waals surface area contributed by atoms with Gasteiger partial charge < -0.3 is 50.8 Å². The van der Waals surface area contributed by atoms with Crippen LogP contribution in [0.1, 0.15) is 107 Å². The van der Waals surface area contributed by atoms with Gasteiger partial charge in [-0.1, -0.05) is 25.7 Å². The first kappa shape index (κ1) is 43.6. The number of anilines is 2. The summed E-state index contributed by atoms with van der Waals surface area (Å²) in [5.41, 5.74) is 46.7. The van der Waals surface area contributed by atoms with Gasteiger partial charge in [-0.25, -0.2) is 0 Å². The van der Waals surface area contributed by atoms with Crippen molar-refractivity contribution >= 4 is 64.0 Å². The van der Waals surface area contributed by atoms with Crippen molar-refractivity contribution in [2.75, 3.05) is 17.2 Å². The zero-order valence-corrected chi connectivity index (χ0v) is 31.4. The SMILES string of the molecule is CC(=NCC(=N)N)c1cc(NC(=O)CCCCCCCCC(=O)Nc2cc(/C(C)=N/N=C(N)N)cc(C(C)NN=C(N)N)c2)cc(/C(C)=N/N=C(N)N)c1. The van der Waals surface area contributed by atoms with E-state index in [2.05, 4.69) is 46.6 Å². The van der Waals surface area contributed by atoms with Crippen LogP contribution in [0.4, 0.5) is 11.4 Å². The Kier molecular flexibility index (Phi) is 18.1. The molecule has 0 radical (unpaired) electrons. The third kappa shape index (κ3) is 17.1. The van der Waals surface area contributed by atoms with Crippen LogP contribution in [0.3, 0.4) is 0 Å². The molecule has 18 N–H and O–H groups in total. The number of carbonyl (C=O) groups excluding carboxylic acids is 2. The fourth-order valence-electron chi connectivity index (χ4n) is 4.95. The molecule has 2 aromatic rings. The van der Waals surface area contributed by atoms with Gasteiger partial charge in [-0.15, -0.1) is 15.3 Å². The van der Waals surface area contributed by atoms with Crippen LogP contribution >= 0.6 is 0 Å². The maximum absolute atomic E-state index is 12.8. The van der Waals surface area contributed by atoms with Crippen LogP contribution in [-0.4, -0.2) is 59.2 Å². The molecule has 0 bridgehead atoms. The fourth-order valence-corrected chi connectivity index (χ4v) is 4.95. The summed E-state index contributed by atoms with van der Waals surface area (Å²) in [6.07, 6.45) is 5.72. The van der Waals surface area contributed by atoms with E-state index in [1.165, 1.54) is 0 Å². The Bertz CT molecular complexity index is 1800. The van der Waals surface area contributed by atoms with Crippen LogP contribution in [-0.2, 0) is 9.59 Å². The van der Waals surface area contributed by atoms with Gasteiger partial charge in [0, 0.05) is 35.5 Å². The first-order valence-electron chi connectivity index (χ1n) is 17.4. The summed E-state index contributed by atoms with van der Waals surface area (Å²) in [6, 6.07) is 10.6. The molecule has 2 amide bonds. The van der Waals surface area contributed by atoms with Crippen LogP contribution in [0.5, 0.6) is 0 Å². The van der Waals surface area contributed by atoms with E-state index in [1.54, 1.807) is 39.0 Å². The zero-order valence-electron chi connectivity index (χ0n) is 31.4. The number of benzene rings is 2. The molecule has 19 nitrogen and oxygen atoms in total. The quantitative estimate of drug-likeness (QED) is 0.0382. The number of hydrogen-bond acceptors (Lipinski definition) is 10. The smallest absolute Gasteiger partial charge is 0.224 e. The van der Waals surface area contributed by atoms with Crippen LogP contribution in [0.25, 0.3) is 0 Å². The second-order valence-corrected chi connectivity index (χ2v) is 12.6. The number of unbranched alkanes of at least 4 members (excludes halogenated alkanes) is 5. The summed E-state index contributed by atoms with van der Waals surface area (Å²) in [6.45, 7) is 7.22. The Morgan fingerprint density at radius 2 is 1.06 bits per heavy atom. The van der Waals surface area contributed by atoms with Gasteiger partial charge in [0.2, 0.25) is 29.7 Å². The van der Waals surface area contributed by atoms with Crippen molar-refractivity contribution in [1.29, 1.82) is 5.41 Å². The summed E-state index contributed by atoms with van der Waals surface area (Å²) >= 11 is 0. The van der Waals surface area contributed by atoms with E-state index in [9.17, 15) is 9.59 Å². The molecule has 2 aromatic carbocycles. The summed E-state index contributed by atoms with van der Waals surface area (Å²) < 4.78 is 0. The van der Waals surface area contributed by atoms with Gasteiger partial charge in [-0.2, -0.15) is 10.2 Å². The largest absolute Gasteiger partial charge is 0.386 e. The van der Waals surface area contributed by atoms with Crippen LogP contribution < -0.4 is 56.2 Å². The lowest BCUT2D eigenvalue weighted by Crippen LogP contribution is -2.27. The highest BCUT2D eigenvalue weighted by molar-refractivity contribution is 6.06. The van der Waals surface area contributed by atoms with Crippen molar-refractivity contribution in [2.24, 2.45) is 70.6 Å². The number of rotatable bonds is 21. The van der Waals surface area contributed by atoms with E-state index in [1.807, 2.05) is 25.1 Å². The Balaban J connectivity index is 1.90.